The Balaban J connectivity index is 2.39. The fourth-order valence-corrected chi connectivity index (χ4v) is 4.83. The standard InChI is InChI=1S/C12H10ClN3O4S2/c1-21(10-4-2-9(3-5-10)16(17)18)15-22(19,20)12-8-14-7-6-11(12)13/h2-8H,1H3. The van der Waals surface area contributed by atoms with Crippen LogP contribution in [0.4, 0.5) is 5.69 Å². The summed E-state index contributed by atoms with van der Waals surface area (Å²) >= 11 is 5.84. The summed E-state index contributed by atoms with van der Waals surface area (Å²) in [6, 6.07) is 6.93. The van der Waals surface area contributed by atoms with E-state index in [-0.39, 0.29) is 15.6 Å². The van der Waals surface area contributed by atoms with Crippen LogP contribution in [0.15, 0.2) is 56.3 Å². The summed E-state index contributed by atoms with van der Waals surface area (Å²) in [5.74, 6) is 0. The minimum absolute atomic E-state index is 0.0412. The van der Waals surface area contributed by atoms with Gasteiger partial charge < -0.3 is 0 Å². The number of nitro groups is 1. The van der Waals surface area contributed by atoms with Crippen molar-refractivity contribution in [3.8, 4) is 0 Å². The van der Waals surface area contributed by atoms with Crippen LogP contribution >= 0.6 is 11.6 Å². The number of nitro benzene ring substituents is 1. The molecule has 0 saturated carbocycles. The number of hydrogen-bond acceptors (Lipinski definition) is 5. The van der Waals surface area contributed by atoms with Crippen molar-refractivity contribution in [2.75, 3.05) is 6.26 Å². The van der Waals surface area contributed by atoms with Gasteiger partial charge in [0.15, 0.2) is 0 Å². The molecule has 10 heteroatoms. The highest BCUT2D eigenvalue weighted by Crippen LogP contribution is 2.23. The van der Waals surface area contributed by atoms with Gasteiger partial charge in [0.25, 0.3) is 15.7 Å². The van der Waals surface area contributed by atoms with E-state index in [4.69, 9.17) is 11.6 Å². The second-order valence-corrected chi connectivity index (χ2v) is 7.91. The van der Waals surface area contributed by atoms with Crippen molar-refractivity contribution in [3.63, 3.8) is 0 Å². The molecule has 1 aromatic carbocycles. The average molecular weight is 360 g/mol. The Kier molecular flexibility index (Phi) is 4.89. The van der Waals surface area contributed by atoms with Crippen molar-refractivity contribution in [1.29, 1.82) is 0 Å². The number of non-ortho nitro benzene ring substituents is 1. The zero-order valence-electron chi connectivity index (χ0n) is 11.2. The molecule has 0 aliphatic carbocycles. The molecule has 1 aromatic heterocycles. The number of benzene rings is 1. The van der Waals surface area contributed by atoms with Crippen molar-refractivity contribution in [1.82, 2.24) is 4.98 Å². The lowest BCUT2D eigenvalue weighted by molar-refractivity contribution is -0.384. The van der Waals surface area contributed by atoms with Gasteiger partial charge in [-0.25, -0.2) is 0 Å². The van der Waals surface area contributed by atoms with Crippen LogP contribution in [-0.4, -0.2) is 24.6 Å². The van der Waals surface area contributed by atoms with Gasteiger partial charge >= 0.3 is 0 Å². The minimum Gasteiger partial charge on any atom is -0.263 e. The van der Waals surface area contributed by atoms with E-state index in [1.165, 1.54) is 36.5 Å². The fourth-order valence-electron chi connectivity index (χ4n) is 1.55. The van der Waals surface area contributed by atoms with Gasteiger partial charge in [0.2, 0.25) is 0 Å². The van der Waals surface area contributed by atoms with Gasteiger partial charge in [-0.15, -0.1) is 3.77 Å². The van der Waals surface area contributed by atoms with Crippen molar-refractivity contribution >= 4 is 38.0 Å². The van der Waals surface area contributed by atoms with Crippen molar-refractivity contribution in [2.45, 2.75) is 9.79 Å². The lowest BCUT2D eigenvalue weighted by Crippen LogP contribution is -2.01. The Morgan fingerprint density at radius 1 is 1.27 bits per heavy atom. The summed E-state index contributed by atoms with van der Waals surface area (Å²) in [6.45, 7) is 0. The number of nitrogens with zero attached hydrogens (tertiary/aromatic N) is 3. The third-order valence-electron chi connectivity index (χ3n) is 2.61. The molecular weight excluding hydrogens is 350 g/mol. The van der Waals surface area contributed by atoms with E-state index in [0.717, 1.165) is 6.20 Å². The molecule has 0 N–H and O–H groups in total. The first-order chi connectivity index (χ1) is 10.3. The summed E-state index contributed by atoms with van der Waals surface area (Å²) in [6.07, 6.45) is 4.11. The molecule has 0 bridgehead atoms. The Morgan fingerprint density at radius 3 is 2.45 bits per heavy atom. The van der Waals surface area contributed by atoms with Crippen LogP contribution in [0.3, 0.4) is 0 Å². The number of halogens is 1. The van der Waals surface area contributed by atoms with E-state index in [9.17, 15) is 18.5 Å². The van der Waals surface area contributed by atoms with Crippen LogP contribution in [0, 0.1) is 10.1 Å². The number of hydrogen-bond donors (Lipinski definition) is 0. The molecule has 2 aromatic rings. The second kappa shape index (κ2) is 6.51. The predicted molar refractivity (Wildman–Crippen MR) is 83.5 cm³/mol. The molecule has 1 atom stereocenters. The van der Waals surface area contributed by atoms with Gasteiger partial charge in [-0.1, -0.05) is 22.3 Å². The number of rotatable bonds is 4. The van der Waals surface area contributed by atoms with Crippen LogP contribution in [0.25, 0.3) is 0 Å². The monoisotopic (exact) mass is 359 g/mol. The maximum absolute atomic E-state index is 12.2. The SMILES string of the molecule is C/S(=N\S(=O)(=O)c1cnccc1Cl)c1ccc([N+](=O)[O-])cc1. The van der Waals surface area contributed by atoms with Gasteiger partial charge in [-0.2, -0.15) is 8.42 Å². The zero-order valence-corrected chi connectivity index (χ0v) is 13.6. The molecule has 1 unspecified atom stereocenters. The summed E-state index contributed by atoms with van der Waals surface area (Å²) in [7, 11) is -4.96. The van der Waals surface area contributed by atoms with E-state index in [1.54, 1.807) is 6.26 Å². The summed E-state index contributed by atoms with van der Waals surface area (Å²) < 4.78 is 28.2. The maximum Gasteiger partial charge on any atom is 0.291 e. The second-order valence-electron chi connectivity index (χ2n) is 4.08. The average Bonchev–Trinajstić information content (AvgIpc) is 2.47. The molecule has 2 rings (SSSR count). The van der Waals surface area contributed by atoms with Gasteiger partial charge in [0, 0.05) is 29.4 Å². The first-order valence-electron chi connectivity index (χ1n) is 5.79. The molecular formula is C12H10ClN3O4S2. The van der Waals surface area contributed by atoms with Crippen molar-refractivity contribution < 1.29 is 13.3 Å². The Labute approximate surface area is 134 Å². The van der Waals surface area contributed by atoms with E-state index in [1.807, 2.05) is 0 Å². The summed E-state index contributed by atoms with van der Waals surface area (Å²) in [4.78, 5) is 14.2. The molecule has 0 saturated heterocycles. The van der Waals surface area contributed by atoms with Crippen LogP contribution in [-0.2, 0) is 20.7 Å². The van der Waals surface area contributed by atoms with E-state index in [2.05, 4.69) is 8.75 Å². The molecule has 0 spiro atoms. The molecule has 0 amide bonds. The highest BCUT2D eigenvalue weighted by atomic mass is 35.5. The lowest BCUT2D eigenvalue weighted by atomic mass is 10.3. The van der Waals surface area contributed by atoms with Crippen LogP contribution in [0.2, 0.25) is 5.02 Å². The molecule has 0 radical (unpaired) electrons. The smallest absolute Gasteiger partial charge is 0.263 e. The molecule has 7 nitrogen and oxygen atoms in total. The summed E-state index contributed by atoms with van der Waals surface area (Å²) in [5.41, 5.74) is -0.0705. The molecule has 0 aliphatic heterocycles. The molecule has 116 valence electrons. The fraction of sp³-hybridized carbons (Fsp3) is 0.0833. The Hall–Kier alpha value is -1.84. The quantitative estimate of drug-likeness (QED) is 0.616. The van der Waals surface area contributed by atoms with E-state index < -0.39 is 25.6 Å². The van der Waals surface area contributed by atoms with Gasteiger partial charge in [-0.3, -0.25) is 15.1 Å². The van der Waals surface area contributed by atoms with Crippen LogP contribution in [0.1, 0.15) is 0 Å². The molecule has 22 heavy (non-hydrogen) atoms. The molecule has 1 heterocycles. The number of pyridine rings is 1. The van der Waals surface area contributed by atoms with Crippen LogP contribution < -0.4 is 0 Å². The van der Waals surface area contributed by atoms with Gasteiger partial charge in [0.1, 0.15) is 4.90 Å². The highest BCUT2D eigenvalue weighted by Gasteiger charge is 2.18. The normalized spacial score (nSPS) is 13.0. The first kappa shape index (κ1) is 16.5. The largest absolute Gasteiger partial charge is 0.291 e. The number of aromatic nitrogens is 1. The molecule has 0 aliphatic rings. The van der Waals surface area contributed by atoms with E-state index in [0.29, 0.717) is 4.90 Å². The predicted octanol–water partition coefficient (Wildman–Crippen LogP) is 2.82. The van der Waals surface area contributed by atoms with Gasteiger partial charge in [0.05, 0.1) is 9.95 Å². The Morgan fingerprint density at radius 2 is 1.91 bits per heavy atom. The lowest BCUT2D eigenvalue weighted by Gasteiger charge is -2.04. The van der Waals surface area contributed by atoms with Gasteiger partial charge in [-0.05, 0) is 24.5 Å². The first-order valence-corrected chi connectivity index (χ1v) is 9.20. The van der Waals surface area contributed by atoms with Crippen molar-refractivity contribution in [3.05, 3.63) is 57.9 Å². The van der Waals surface area contributed by atoms with Crippen molar-refractivity contribution in [2.24, 2.45) is 3.77 Å². The van der Waals surface area contributed by atoms with Crippen LogP contribution in [0.5, 0.6) is 0 Å². The summed E-state index contributed by atoms with van der Waals surface area (Å²) in [5, 5.41) is 10.6. The van der Waals surface area contributed by atoms with E-state index >= 15 is 0 Å². The maximum atomic E-state index is 12.2. The minimum atomic E-state index is -3.96. The topological polar surface area (TPSA) is 103 Å². The Bertz CT molecular complexity index is 851. The third-order valence-corrected chi connectivity index (χ3v) is 6.57. The third kappa shape index (κ3) is 3.67. The number of sulfonamides is 1. The highest BCUT2D eigenvalue weighted by molar-refractivity contribution is 8.00. The zero-order chi connectivity index (χ0) is 16.3. The molecule has 0 fully saturated rings.